The van der Waals surface area contributed by atoms with Crippen LogP contribution in [-0.4, -0.2) is 19.3 Å². The first-order valence-electron chi connectivity index (χ1n) is 8.09. The van der Waals surface area contributed by atoms with Gasteiger partial charge in [-0.2, -0.15) is 0 Å². The van der Waals surface area contributed by atoms with E-state index in [-0.39, 0.29) is 17.5 Å². The van der Waals surface area contributed by atoms with Crippen molar-refractivity contribution in [3.63, 3.8) is 0 Å². The van der Waals surface area contributed by atoms with Gasteiger partial charge in [-0.05, 0) is 45.7 Å². The zero-order valence-corrected chi connectivity index (χ0v) is 13.7. The van der Waals surface area contributed by atoms with E-state index >= 15 is 0 Å². The van der Waals surface area contributed by atoms with Crippen LogP contribution >= 0.6 is 0 Å². The van der Waals surface area contributed by atoms with E-state index < -0.39 is 0 Å². The summed E-state index contributed by atoms with van der Waals surface area (Å²) in [4.78, 5) is 0. The van der Waals surface area contributed by atoms with Crippen LogP contribution in [0.5, 0.6) is 0 Å². The molecule has 1 aliphatic carbocycles. The number of hydrogen-bond acceptors (Lipinski definition) is 2. The van der Waals surface area contributed by atoms with Crippen molar-refractivity contribution >= 4 is 0 Å². The molecule has 2 rings (SSSR count). The number of nitrogens with one attached hydrogen (secondary N) is 1. The quantitative estimate of drug-likeness (QED) is 0.870. The summed E-state index contributed by atoms with van der Waals surface area (Å²) in [5.41, 5.74) is 1.53. The van der Waals surface area contributed by atoms with Gasteiger partial charge < -0.3 is 10.1 Å². The van der Waals surface area contributed by atoms with Crippen molar-refractivity contribution in [1.82, 2.24) is 5.32 Å². The standard InChI is InChI=1S/C18H28FNO/c1-5-21-18(10-6-7-14(3)12-18)17(20-4)15-11-13(2)8-9-16(15)19/h8-9,11,14,17,20H,5-7,10,12H2,1-4H3. The van der Waals surface area contributed by atoms with Crippen LogP contribution in [0.4, 0.5) is 4.39 Å². The van der Waals surface area contributed by atoms with E-state index in [1.165, 1.54) is 6.42 Å². The maximum atomic E-state index is 14.4. The van der Waals surface area contributed by atoms with Crippen molar-refractivity contribution in [3.05, 3.63) is 35.1 Å². The lowest BCUT2D eigenvalue weighted by atomic mass is 9.72. The maximum absolute atomic E-state index is 14.4. The highest BCUT2D eigenvalue weighted by molar-refractivity contribution is 5.29. The predicted molar refractivity (Wildman–Crippen MR) is 84.9 cm³/mol. The Morgan fingerprint density at radius 3 is 2.86 bits per heavy atom. The highest BCUT2D eigenvalue weighted by Gasteiger charge is 2.43. The zero-order chi connectivity index (χ0) is 15.5. The van der Waals surface area contributed by atoms with Crippen LogP contribution in [-0.2, 0) is 4.74 Å². The van der Waals surface area contributed by atoms with E-state index in [1.807, 2.05) is 33.0 Å². The minimum atomic E-state index is -0.296. The van der Waals surface area contributed by atoms with Gasteiger partial charge in [0.1, 0.15) is 5.82 Å². The number of hydrogen-bond donors (Lipinski definition) is 1. The van der Waals surface area contributed by atoms with Crippen molar-refractivity contribution in [3.8, 4) is 0 Å². The van der Waals surface area contributed by atoms with Gasteiger partial charge in [0.25, 0.3) is 0 Å². The Kier molecular flexibility index (Phi) is 5.39. The first-order valence-corrected chi connectivity index (χ1v) is 8.09. The first kappa shape index (κ1) is 16.4. The number of aryl methyl sites for hydroxylation is 1. The molecule has 0 bridgehead atoms. The highest BCUT2D eigenvalue weighted by Crippen LogP contribution is 2.44. The summed E-state index contributed by atoms with van der Waals surface area (Å²) in [6, 6.07) is 5.25. The lowest BCUT2D eigenvalue weighted by Gasteiger charge is -2.45. The molecule has 1 aromatic carbocycles. The molecule has 1 saturated carbocycles. The molecule has 0 spiro atoms. The van der Waals surface area contributed by atoms with Crippen molar-refractivity contribution in [1.29, 1.82) is 0 Å². The summed E-state index contributed by atoms with van der Waals surface area (Å²) in [5, 5.41) is 3.34. The molecule has 3 heteroatoms. The fourth-order valence-electron chi connectivity index (χ4n) is 3.89. The molecule has 0 heterocycles. The third-order valence-corrected chi connectivity index (χ3v) is 4.70. The highest BCUT2D eigenvalue weighted by atomic mass is 19.1. The summed E-state index contributed by atoms with van der Waals surface area (Å²) in [5.74, 6) is 0.478. The van der Waals surface area contributed by atoms with E-state index in [0.717, 1.165) is 30.4 Å². The first-order chi connectivity index (χ1) is 10.0. The molecule has 0 aromatic heterocycles. The topological polar surface area (TPSA) is 21.3 Å². The molecule has 2 nitrogen and oxygen atoms in total. The Morgan fingerprint density at radius 1 is 1.48 bits per heavy atom. The van der Waals surface area contributed by atoms with Crippen LogP contribution < -0.4 is 5.32 Å². The molecule has 118 valence electrons. The Morgan fingerprint density at radius 2 is 2.24 bits per heavy atom. The molecule has 0 radical (unpaired) electrons. The fourth-order valence-corrected chi connectivity index (χ4v) is 3.89. The van der Waals surface area contributed by atoms with Gasteiger partial charge in [-0.25, -0.2) is 4.39 Å². The number of benzene rings is 1. The van der Waals surface area contributed by atoms with E-state index in [0.29, 0.717) is 12.5 Å². The SMILES string of the molecule is CCOC1(C(NC)c2cc(C)ccc2F)CCCC(C)C1. The second-order valence-corrected chi connectivity index (χ2v) is 6.45. The zero-order valence-electron chi connectivity index (χ0n) is 13.7. The largest absolute Gasteiger partial charge is 0.373 e. The summed E-state index contributed by atoms with van der Waals surface area (Å²) >= 11 is 0. The van der Waals surface area contributed by atoms with Gasteiger partial charge >= 0.3 is 0 Å². The smallest absolute Gasteiger partial charge is 0.128 e. The van der Waals surface area contributed by atoms with Crippen LogP contribution in [0.3, 0.4) is 0 Å². The van der Waals surface area contributed by atoms with Gasteiger partial charge in [-0.15, -0.1) is 0 Å². The molecule has 1 aliphatic rings. The molecule has 1 fully saturated rings. The van der Waals surface area contributed by atoms with Crippen molar-refractivity contribution in [2.24, 2.45) is 5.92 Å². The van der Waals surface area contributed by atoms with Crippen LogP contribution in [0.1, 0.15) is 56.7 Å². The van der Waals surface area contributed by atoms with Gasteiger partial charge in [0.2, 0.25) is 0 Å². The van der Waals surface area contributed by atoms with Crippen LogP contribution in [0.15, 0.2) is 18.2 Å². The van der Waals surface area contributed by atoms with Crippen LogP contribution in [0.25, 0.3) is 0 Å². The molecule has 3 atom stereocenters. The van der Waals surface area contributed by atoms with E-state index in [1.54, 1.807) is 6.07 Å². The predicted octanol–water partition coefficient (Wildman–Crippen LogP) is 4.38. The summed E-state index contributed by atoms with van der Waals surface area (Å²) in [7, 11) is 1.91. The average Bonchev–Trinajstić information content (AvgIpc) is 2.43. The van der Waals surface area contributed by atoms with Crippen LogP contribution in [0.2, 0.25) is 0 Å². The average molecular weight is 293 g/mol. The molecule has 3 unspecified atom stereocenters. The normalized spacial score (nSPS) is 27.6. The van der Waals surface area contributed by atoms with E-state index in [2.05, 4.69) is 12.2 Å². The van der Waals surface area contributed by atoms with E-state index in [4.69, 9.17) is 4.74 Å². The molecule has 0 saturated heterocycles. The Hall–Kier alpha value is -0.930. The molecular formula is C18H28FNO. The van der Waals surface area contributed by atoms with Gasteiger partial charge in [-0.3, -0.25) is 0 Å². The molecule has 21 heavy (non-hydrogen) atoms. The number of halogens is 1. The lowest BCUT2D eigenvalue weighted by molar-refractivity contribution is -0.101. The molecule has 0 amide bonds. The third-order valence-electron chi connectivity index (χ3n) is 4.70. The summed E-state index contributed by atoms with van der Waals surface area (Å²) in [6.45, 7) is 6.97. The Bertz CT molecular complexity index is 472. The van der Waals surface area contributed by atoms with Gasteiger partial charge in [0.15, 0.2) is 0 Å². The fraction of sp³-hybridized carbons (Fsp3) is 0.667. The second kappa shape index (κ2) is 6.89. The lowest BCUT2D eigenvalue weighted by Crippen LogP contribution is -2.48. The number of likely N-dealkylation sites (N-methyl/N-ethyl adjacent to an activating group) is 1. The van der Waals surface area contributed by atoms with Crippen molar-refractivity contribution in [2.45, 2.75) is 58.1 Å². The second-order valence-electron chi connectivity index (χ2n) is 6.45. The summed E-state index contributed by atoms with van der Waals surface area (Å²) in [6.07, 6.45) is 4.36. The minimum absolute atomic E-state index is 0.0971. The minimum Gasteiger partial charge on any atom is -0.373 e. The van der Waals surface area contributed by atoms with Crippen molar-refractivity contribution < 1.29 is 9.13 Å². The van der Waals surface area contributed by atoms with Gasteiger partial charge in [0.05, 0.1) is 11.6 Å². The van der Waals surface area contributed by atoms with E-state index in [9.17, 15) is 4.39 Å². The summed E-state index contributed by atoms with van der Waals surface area (Å²) < 4.78 is 20.6. The Balaban J connectivity index is 2.42. The number of ether oxygens (including phenoxy) is 1. The van der Waals surface area contributed by atoms with Gasteiger partial charge in [0, 0.05) is 12.2 Å². The van der Waals surface area contributed by atoms with Gasteiger partial charge in [-0.1, -0.05) is 37.5 Å². The maximum Gasteiger partial charge on any atom is 0.128 e. The van der Waals surface area contributed by atoms with Crippen molar-refractivity contribution in [2.75, 3.05) is 13.7 Å². The Labute approximate surface area is 128 Å². The third kappa shape index (κ3) is 3.46. The van der Waals surface area contributed by atoms with Crippen LogP contribution in [0, 0.1) is 18.7 Å². The molecule has 1 aromatic rings. The monoisotopic (exact) mass is 293 g/mol. The number of rotatable bonds is 5. The molecular weight excluding hydrogens is 265 g/mol. The molecule has 0 aliphatic heterocycles. The molecule has 1 N–H and O–H groups in total.